The Bertz CT molecular complexity index is 388. The Hall–Kier alpha value is -0.860. The van der Waals surface area contributed by atoms with Gasteiger partial charge in [0.15, 0.2) is 0 Å². The van der Waals surface area contributed by atoms with Crippen molar-refractivity contribution < 1.29 is 0 Å². The molecule has 1 aromatic carbocycles. The molecule has 0 amide bonds. The molecule has 0 saturated carbocycles. The highest BCUT2D eigenvalue weighted by atomic mass is 32.2. The molecule has 0 spiro atoms. The zero-order valence-corrected chi connectivity index (χ0v) is 9.28. The predicted molar refractivity (Wildman–Crippen MR) is 66.7 cm³/mol. The van der Waals surface area contributed by atoms with E-state index in [2.05, 4.69) is 36.4 Å². The number of hydrogen-bond acceptors (Lipinski definition) is 2. The van der Waals surface area contributed by atoms with E-state index in [9.17, 15) is 0 Å². The minimum Gasteiger partial charge on any atom is -0.0904 e. The molecule has 1 aliphatic carbocycles. The van der Waals surface area contributed by atoms with Gasteiger partial charge in [-0.1, -0.05) is 48.3 Å². The first-order valence-corrected chi connectivity index (χ1v) is 5.71. The lowest BCUT2D eigenvalue weighted by Crippen LogP contribution is -1.91. The van der Waals surface area contributed by atoms with E-state index in [4.69, 9.17) is 12.2 Å². The minimum atomic E-state index is 0.904. The topological polar surface area (TPSA) is 0 Å². The average Bonchev–Trinajstić information content (AvgIpc) is 2.23. The van der Waals surface area contributed by atoms with Crippen molar-refractivity contribution >= 4 is 28.8 Å². The fourth-order valence-corrected chi connectivity index (χ4v) is 2.23. The van der Waals surface area contributed by atoms with Crippen LogP contribution in [0.4, 0.5) is 0 Å². The lowest BCUT2D eigenvalue weighted by atomic mass is 10.2. The number of thioether (sulfide) groups is 1. The van der Waals surface area contributed by atoms with Crippen molar-refractivity contribution in [2.24, 2.45) is 0 Å². The Kier molecular flexibility index (Phi) is 3.17. The van der Waals surface area contributed by atoms with Crippen LogP contribution in [0.5, 0.6) is 0 Å². The maximum Gasteiger partial charge on any atom is 0.0190 e. The lowest BCUT2D eigenvalue weighted by molar-refractivity contribution is 1.45. The highest BCUT2D eigenvalue weighted by Gasteiger charge is 2.02. The van der Waals surface area contributed by atoms with Crippen LogP contribution in [0.25, 0.3) is 0 Å². The maximum absolute atomic E-state index is 5.08. The van der Waals surface area contributed by atoms with Gasteiger partial charge < -0.3 is 0 Å². The van der Waals surface area contributed by atoms with E-state index in [-0.39, 0.29) is 0 Å². The SMILES string of the molecule is S=C1C=CC(Sc2ccccc2)=CC1. The molecular weight excluding hydrogens is 208 g/mol. The smallest absolute Gasteiger partial charge is 0.0190 e. The largest absolute Gasteiger partial charge is 0.0904 e. The van der Waals surface area contributed by atoms with Gasteiger partial charge in [0, 0.05) is 21.1 Å². The second-order valence-electron chi connectivity index (χ2n) is 3.03. The molecule has 1 aliphatic rings. The van der Waals surface area contributed by atoms with Crippen molar-refractivity contribution in [1.82, 2.24) is 0 Å². The molecule has 0 atom stereocenters. The van der Waals surface area contributed by atoms with E-state index < -0.39 is 0 Å². The van der Waals surface area contributed by atoms with Gasteiger partial charge in [-0.2, -0.15) is 0 Å². The Balaban J connectivity index is 2.06. The molecule has 0 saturated heterocycles. The van der Waals surface area contributed by atoms with Crippen LogP contribution in [-0.2, 0) is 0 Å². The Morgan fingerprint density at radius 3 is 2.50 bits per heavy atom. The van der Waals surface area contributed by atoms with E-state index in [1.54, 1.807) is 11.8 Å². The van der Waals surface area contributed by atoms with Crippen LogP contribution in [-0.4, -0.2) is 4.86 Å². The van der Waals surface area contributed by atoms with Gasteiger partial charge in [0.2, 0.25) is 0 Å². The van der Waals surface area contributed by atoms with Gasteiger partial charge in [-0.3, -0.25) is 0 Å². The fraction of sp³-hybridized carbons (Fsp3) is 0.0833. The van der Waals surface area contributed by atoms with Gasteiger partial charge in [0.05, 0.1) is 0 Å². The molecule has 0 aliphatic heterocycles. The summed E-state index contributed by atoms with van der Waals surface area (Å²) in [6, 6.07) is 10.4. The van der Waals surface area contributed by atoms with Gasteiger partial charge in [-0.15, -0.1) is 0 Å². The maximum atomic E-state index is 5.08. The van der Waals surface area contributed by atoms with Crippen LogP contribution in [0.3, 0.4) is 0 Å². The molecule has 70 valence electrons. The zero-order valence-electron chi connectivity index (χ0n) is 7.64. The van der Waals surface area contributed by atoms with E-state index in [1.807, 2.05) is 12.1 Å². The van der Waals surface area contributed by atoms with Gasteiger partial charge in [0.1, 0.15) is 0 Å². The van der Waals surface area contributed by atoms with Crippen molar-refractivity contribution in [2.45, 2.75) is 11.3 Å². The standard InChI is InChI=1S/C12H10S2/c13-10-6-8-12(9-7-10)14-11-4-2-1-3-5-11/h1-6,8-9H,7H2. The summed E-state index contributed by atoms with van der Waals surface area (Å²) in [4.78, 5) is 3.57. The first kappa shape index (κ1) is 9.69. The predicted octanol–water partition coefficient (Wildman–Crippen LogP) is 3.99. The molecule has 0 aromatic heterocycles. The molecule has 0 radical (unpaired) electrons. The zero-order chi connectivity index (χ0) is 9.80. The van der Waals surface area contributed by atoms with Crippen molar-refractivity contribution in [3.8, 4) is 0 Å². The quantitative estimate of drug-likeness (QED) is 0.688. The highest BCUT2D eigenvalue weighted by Crippen LogP contribution is 2.29. The summed E-state index contributed by atoms with van der Waals surface area (Å²) in [5.41, 5.74) is 0. The highest BCUT2D eigenvalue weighted by molar-refractivity contribution is 8.03. The van der Waals surface area contributed by atoms with Crippen LogP contribution in [0, 0.1) is 0 Å². The third-order valence-corrected chi connectivity index (χ3v) is 3.27. The Morgan fingerprint density at radius 2 is 1.86 bits per heavy atom. The third kappa shape index (κ3) is 2.56. The van der Waals surface area contributed by atoms with Gasteiger partial charge in [-0.25, -0.2) is 0 Å². The molecule has 1 aromatic rings. The van der Waals surface area contributed by atoms with Gasteiger partial charge in [0.25, 0.3) is 0 Å². The van der Waals surface area contributed by atoms with Crippen molar-refractivity contribution in [3.63, 3.8) is 0 Å². The number of allylic oxidation sites excluding steroid dienone is 3. The number of rotatable bonds is 2. The molecule has 0 nitrogen and oxygen atoms in total. The first-order valence-electron chi connectivity index (χ1n) is 4.48. The molecule has 0 bridgehead atoms. The third-order valence-electron chi connectivity index (χ3n) is 1.92. The molecular formula is C12H10S2. The van der Waals surface area contributed by atoms with Crippen molar-refractivity contribution in [3.05, 3.63) is 53.5 Å². The van der Waals surface area contributed by atoms with E-state index >= 15 is 0 Å². The Morgan fingerprint density at radius 1 is 1.07 bits per heavy atom. The second-order valence-corrected chi connectivity index (χ2v) is 4.70. The monoisotopic (exact) mass is 218 g/mol. The summed E-state index contributed by atoms with van der Waals surface area (Å²) >= 11 is 6.86. The molecule has 14 heavy (non-hydrogen) atoms. The fourth-order valence-electron chi connectivity index (χ4n) is 1.21. The van der Waals surface area contributed by atoms with Gasteiger partial charge in [-0.05, 0) is 24.3 Å². The minimum absolute atomic E-state index is 0.904. The molecule has 2 rings (SSSR count). The van der Waals surface area contributed by atoms with E-state index in [0.29, 0.717) is 0 Å². The summed E-state index contributed by atoms with van der Waals surface area (Å²) in [6.07, 6.45) is 7.19. The lowest BCUT2D eigenvalue weighted by Gasteiger charge is -2.06. The van der Waals surface area contributed by atoms with Crippen molar-refractivity contribution in [1.29, 1.82) is 0 Å². The Labute approximate surface area is 93.7 Å². The summed E-state index contributed by atoms with van der Waals surface area (Å²) in [7, 11) is 0. The molecule has 0 unspecified atom stereocenters. The van der Waals surface area contributed by atoms with Gasteiger partial charge >= 0.3 is 0 Å². The van der Waals surface area contributed by atoms with Crippen LogP contribution >= 0.6 is 24.0 Å². The molecule has 0 heterocycles. The molecule has 0 N–H and O–H groups in total. The molecule has 2 heteroatoms. The van der Waals surface area contributed by atoms with Crippen LogP contribution in [0.1, 0.15) is 6.42 Å². The number of hydrogen-bond donors (Lipinski definition) is 0. The molecule has 0 fully saturated rings. The second kappa shape index (κ2) is 4.58. The number of thiocarbonyl (C=S) groups is 1. The summed E-state index contributed by atoms with van der Waals surface area (Å²) in [5.74, 6) is 0. The van der Waals surface area contributed by atoms with Crippen molar-refractivity contribution in [2.75, 3.05) is 0 Å². The normalized spacial score (nSPS) is 15.4. The first-order chi connectivity index (χ1) is 6.84. The number of benzene rings is 1. The summed E-state index contributed by atoms with van der Waals surface area (Å²) < 4.78 is 0. The van der Waals surface area contributed by atoms with Crippen LogP contribution in [0.15, 0.2) is 58.4 Å². The van der Waals surface area contributed by atoms with E-state index in [0.717, 1.165) is 11.3 Å². The van der Waals surface area contributed by atoms with E-state index in [1.165, 1.54) is 9.80 Å². The van der Waals surface area contributed by atoms with Crippen LogP contribution < -0.4 is 0 Å². The average molecular weight is 218 g/mol. The van der Waals surface area contributed by atoms with Crippen LogP contribution in [0.2, 0.25) is 0 Å². The summed E-state index contributed by atoms with van der Waals surface area (Å²) in [5, 5.41) is 0. The summed E-state index contributed by atoms with van der Waals surface area (Å²) in [6.45, 7) is 0.